The molecule has 0 spiro atoms. The fraction of sp³-hybridized carbons (Fsp3) is 0.400. The van der Waals surface area contributed by atoms with Crippen molar-refractivity contribution in [2.75, 3.05) is 13.1 Å². The van der Waals surface area contributed by atoms with Crippen LogP contribution in [0.5, 0.6) is 0 Å². The summed E-state index contributed by atoms with van der Waals surface area (Å²) in [4.78, 5) is 8.81. The maximum absolute atomic E-state index is 4.67. The van der Waals surface area contributed by atoms with Gasteiger partial charge in [-0.2, -0.15) is 0 Å². The molecule has 0 amide bonds. The van der Waals surface area contributed by atoms with Gasteiger partial charge in [0.25, 0.3) is 0 Å². The number of guanidine groups is 1. The SMILES string of the molecule is CCNC(=NCCc1cccnc1)NC(C)CCc1ccccc1.I. The number of nitrogens with one attached hydrogen (secondary N) is 2. The Balaban J connectivity index is 0.00000312. The van der Waals surface area contributed by atoms with Crippen molar-refractivity contribution >= 4 is 29.9 Å². The van der Waals surface area contributed by atoms with E-state index in [2.05, 4.69) is 70.9 Å². The Labute approximate surface area is 168 Å². The maximum atomic E-state index is 4.67. The number of rotatable bonds is 8. The summed E-state index contributed by atoms with van der Waals surface area (Å²) in [6, 6.07) is 15.0. The third-order valence-corrected chi connectivity index (χ3v) is 3.83. The molecule has 2 aromatic rings. The van der Waals surface area contributed by atoms with Gasteiger partial charge in [0.05, 0.1) is 0 Å². The van der Waals surface area contributed by atoms with E-state index >= 15 is 0 Å². The van der Waals surface area contributed by atoms with E-state index in [1.807, 2.05) is 12.3 Å². The molecule has 0 aliphatic carbocycles. The van der Waals surface area contributed by atoms with Gasteiger partial charge in [-0.1, -0.05) is 36.4 Å². The molecule has 0 aliphatic heterocycles. The van der Waals surface area contributed by atoms with Gasteiger partial charge in [-0.15, -0.1) is 24.0 Å². The van der Waals surface area contributed by atoms with Crippen molar-refractivity contribution < 1.29 is 0 Å². The molecular weight excluding hydrogens is 423 g/mol. The van der Waals surface area contributed by atoms with E-state index < -0.39 is 0 Å². The summed E-state index contributed by atoms with van der Waals surface area (Å²) in [5.41, 5.74) is 2.60. The average Bonchev–Trinajstić information content (AvgIpc) is 2.62. The molecule has 5 heteroatoms. The smallest absolute Gasteiger partial charge is 0.191 e. The summed E-state index contributed by atoms with van der Waals surface area (Å²) in [5.74, 6) is 0.891. The number of hydrogen-bond acceptors (Lipinski definition) is 2. The number of aromatic nitrogens is 1. The van der Waals surface area contributed by atoms with Crippen molar-refractivity contribution in [2.45, 2.75) is 39.2 Å². The summed E-state index contributed by atoms with van der Waals surface area (Å²) in [6.07, 6.45) is 6.76. The first-order valence-corrected chi connectivity index (χ1v) is 8.75. The minimum Gasteiger partial charge on any atom is -0.357 e. The molecule has 0 radical (unpaired) electrons. The van der Waals surface area contributed by atoms with E-state index in [1.165, 1.54) is 11.1 Å². The van der Waals surface area contributed by atoms with Crippen LogP contribution in [0.4, 0.5) is 0 Å². The third kappa shape index (κ3) is 8.86. The number of aliphatic imine (C=N–C) groups is 1. The first kappa shape index (κ1) is 21.4. The van der Waals surface area contributed by atoms with Crippen LogP contribution in [-0.2, 0) is 12.8 Å². The van der Waals surface area contributed by atoms with Crippen LogP contribution in [0.15, 0.2) is 59.9 Å². The second-order valence-electron chi connectivity index (χ2n) is 5.94. The van der Waals surface area contributed by atoms with Gasteiger partial charge in [-0.25, -0.2) is 0 Å². The molecule has 1 heterocycles. The van der Waals surface area contributed by atoms with Gasteiger partial charge in [0.15, 0.2) is 5.96 Å². The predicted octanol–water partition coefficient (Wildman–Crippen LogP) is 3.82. The highest BCUT2D eigenvalue weighted by molar-refractivity contribution is 14.0. The summed E-state index contributed by atoms with van der Waals surface area (Å²) in [6.45, 7) is 5.92. The zero-order chi connectivity index (χ0) is 17.0. The molecule has 0 aliphatic rings. The fourth-order valence-electron chi connectivity index (χ4n) is 2.50. The predicted molar refractivity (Wildman–Crippen MR) is 117 cm³/mol. The monoisotopic (exact) mass is 452 g/mol. The molecule has 1 atom stereocenters. The topological polar surface area (TPSA) is 49.3 Å². The standard InChI is InChI=1S/C20H28N4.HI/c1-3-22-20(23-15-13-19-10-7-14-21-16-19)24-17(2)11-12-18-8-5-4-6-9-18;/h4-10,14,16-17H,3,11-13,15H2,1-2H3,(H2,22,23,24);1H. The van der Waals surface area contributed by atoms with Gasteiger partial charge < -0.3 is 10.6 Å². The molecule has 136 valence electrons. The van der Waals surface area contributed by atoms with E-state index in [0.29, 0.717) is 6.04 Å². The van der Waals surface area contributed by atoms with Crippen LogP contribution in [0, 0.1) is 0 Å². The Morgan fingerprint density at radius 1 is 1.08 bits per heavy atom. The van der Waals surface area contributed by atoms with Gasteiger partial charge >= 0.3 is 0 Å². The van der Waals surface area contributed by atoms with Gasteiger partial charge in [0.2, 0.25) is 0 Å². The first-order chi connectivity index (χ1) is 11.8. The van der Waals surface area contributed by atoms with E-state index in [0.717, 1.165) is 38.3 Å². The maximum Gasteiger partial charge on any atom is 0.191 e. The Morgan fingerprint density at radius 2 is 1.84 bits per heavy atom. The Bertz CT molecular complexity index is 602. The van der Waals surface area contributed by atoms with E-state index in [-0.39, 0.29) is 24.0 Å². The lowest BCUT2D eigenvalue weighted by Gasteiger charge is -2.18. The number of benzene rings is 1. The Kier molecular flexibility index (Phi) is 10.9. The van der Waals surface area contributed by atoms with Crippen molar-refractivity contribution in [1.82, 2.24) is 15.6 Å². The number of nitrogens with zero attached hydrogens (tertiary/aromatic N) is 2. The lowest BCUT2D eigenvalue weighted by Crippen LogP contribution is -2.42. The van der Waals surface area contributed by atoms with Gasteiger partial charge in [-0.05, 0) is 50.3 Å². The highest BCUT2D eigenvalue weighted by atomic mass is 127. The molecule has 1 aromatic carbocycles. The summed E-state index contributed by atoms with van der Waals surface area (Å²) < 4.78 is 0. The molecule has 0 bridgehead atoms. The van der Waals surface area contributed by atoms with Gasteiger partial charge in [-0.3, -0.25) is 9.98 Å². The minimum atomic E-state index is 0. The first-order valence-electron chi connectivity index (χ1n) is 8.75. The molecule has 0 fully saturated rings. The van der Waals surface area contributed by atoms with Crippen LogP contribution in [-0.4, -0.2) is 30.1 Å². The second kappa shape index (κ2) is 12.7. The fourth-order valence-corrected chi connectivity index (χ4v) is 2.50. The number of aryl methyl sites for hydroxylation is 1. The van der Waals surface area contributed by atoms with Crippen molar-refractivity contribution in [1.29, 1.82) is 0 Å². The normalized spacial score (nSPS) is 12.2. The largest absolute Gasteiger partial charge is 0.357 e. The zero-order valence-electron chi connectivity index (χ0n) is 15.1. The molecule has 2 N–H and O–H groups in total. The lowest BCUT2D eigenvalue weighted by atomic mass is 10.1. The summed E-state index contributed by atoms with van der Waals surface area (Å²) >= 11 is 0. The number of halogens is 1. The van der Waals surface area contributed by atoms with Gasteiger partial charge in [0.1, 0.15) is 0 Å². The highest BCUT2D eigenvalue weighted by Gasteiger charge is 2.05. The number of hydrogen-bond donors (Lipinski definition) is 2. The van der Waals surface area contributed by atoms with Crippen LogP contribution >= 0.6 is 24.0 Å². The van der Waals surface area contributed by atoms with Crippen molar-refractivity contribution in [3.05, 3.63) is 66.0 Å². The number of pyridine rings is 1. The minimum absolute atomic E-state index is 0. The molecule has 25 heavy (non-hydrogen) atoms. The Hall–Kier alpha value is -1.63. The average molecular weight is 452 g/mol. The van der Waals surface area contributed by atoms with Crippen molar-refractivity contribution in [2.24, 2.45) is 4.99 Å². The summed E-state index contributed by atoms with van der Waals surface area (Å²) in [5, 5.41) is 6.82. The zero-order valence-corrected chi connectivity index (χ0v) is 17.4. The van der Waals surface area contributed by atoms with Crippen molar-refractivity contribution in [3.63, 3.8) is 0 Å². The third-order valence-electron chi connectivity index (χ3n) is 3.83. The second-order valence-corrected chi connectivity index (χ2v) is 5.94. The van der Waals surface area contributed by atoms with Gasteiger partial charge in [0, 0.05) is 31.5 Å². The lowest BCUT2D eigenvalue weighted by molar-refractivity contribution is 0.593. The van der Waals surface area contributed by atoms with Crippen LogP contribution in [0.2, 0.25) is 0 Å². The van der Waals surface area contributed by atoms with E-state index in [1.54, 1.807) is 6.20 Å². The highest BCUT2D eigenvalue weighted by Crippen LogP contribution is 2.04. The van der Waals surface area contributed by atoms with Crippen LogP contribution < -0.4 is 10.6 Å². The molecule has 1 unspecified atom stereocenters. The molecule has 1 aromatic heterocycles. The molecule has 4 nitrogen and oxygen atoms in total. The van der Waals surface area contributed by atoms with E-state index in [4.69, 9.17) is 0 Å². The Morgan fingerprint density at radius 3 is 2.52 bits per heavy atom. The van der Waals surface area contributed by atoms with Crippen molar-refractivity contribution in [3.8, 4) is 0 Å². The van der Waals surface area contributed by atoms with Crippen LogP contribution in [0.1, 0.15) is 31.4 Å². The molecule has 2 rings (SSSR count). The molecule has 0 saturated carbocycles. The van der Waals surface area contributed by atoms with E-state index in [9.17, 15) is 0 Å². The quantitative estimate of drug-likeness (QED) is 0.364. The van der Waals surface area contributed by atoms with Crippen LogP contribution in [0.25, 0.3) is 0 Å². The van der Waals surface area contributed by atoms with Crippen LogP contribution in [0.3, 0.4) is 0 Å². The summed E-state index contributed by atoms with van der Waals surface area (Å²) in [7, 11) is 0. The molecular formula is C20H29IN4. The molecule has 0 saturated heterocycles.